The van der Waals surface area contributed by atoms with Crippen LogP contribution in [-0.2, 0) is 0 Å². The predicted molar refractivity (Wildman–Crippen MR) is 85.3 cm³/mol. The summed E-state index contributed by atoms with van der Waals surface area (Å²) < 4.78 is 0. The minimum atomic E-state index is 0.174. The van der Waals surface area contributed by atoms with E-state index in [1.807, 2.05) is 36.1 Å². The largest absolute Gasteiger partial charge is 0.358 e. The first-order chi connectivity index (χ1) is 10.3. The van der Waals surface area contributed by atoms with Gasteiger partial charge in [-0.3, -0.25) is 4.79 Å². The van der Waals surface area contributed by atoms with E-state index in [0.717, 1.165) is 48.4 Å². The lowest BCUT2D eigenvalue weighted by atomic mass is 10.1. The number of hydrogen-bond acceptors (Lipinski definition) is 1. The van der Waals surface area contributed by atoms with E-state index in [-0.39, 0.29) is 5.91 Å². The molecule has 1 fully saturated rings. The number of benzene rings is 1. The molecule has 1 aliphatic rings. The third kappa shape index (κ3) is 3.02. The van der Waals surface area contributed by atoms with Gasteiger partial charge in [-0.2, -0.15) is 0 Å². The summed E-state index contributed by atoms with van der Waals surface area (Å²) >= 11 is 0. The Balaban J connectivity index is 1.85. The summed E-state index contributed by atoms with van der Waals surface area (Å²) in [5, 5.41) is 0. The maximum absolute atomic E-state index is 12.7. The predicted octanol–water partition coefficient (Wildman–Crippen LogP) is 4.01. The number of nitrogens with one attached hydrogen (secondary N) is 1. The molecule has 21 heavy (non-hydrogen) atoms. The summed E-state index contributed by atoms with van der Waals surface area (Å²) in [6.07, 6.45) is 4.73. The van der Waals surface area contributed by atoms with Crippen molar-refractivity contribution in [2.24, 2.45) is 0 Å². The lowest BCUT2D eigenvalue weighted by molar-refractivity contribution is 0.0761. The van der Waals surface area contributed by atoms with Crippen molar-refractivity contribution in [2.45, 2.75) is 32.6 Å². The van der Waals surface area contributed by atoms with Crippen molar-refractivity contribution in [1.82, 2.24) is 9.88 Å². The van der Waals surface area contributed by atoms with Gasteiger partial charge in [-0.1, -0.05) is 43.2 Å². The molecule has 1 aromatic carbocycles. The van der Waals surface area contributed by atoms with Crippen LogP contribution in [-0.4, -0.2) is 28.9 Å². The van der Waals surface area contributed by atoms with Crippen LogP contribution < -0.4 is 0 Å². The van der Waals surface area contributed by atoms with Gasteiger partial charge >= 0.3 is 0 Å². The molecule has 2 heterocycles. The first-order valence-corrected chi connectivity index (χ1v) is 7.80. The number of carbonyl (C=O) groups excluding carboxylic acids is 1. The normalized spacial score (nSPS) is 15.8. The zero-order valence-corrected chi connectivity index (χ0v) is 12.6. The van der Waals surface area contributed by atoms with E-state index in [2.05, 4.69) is 17.1 Å². The third-order valence-corrected chi connectivity index (χ3v) is 4.22. The minimum Gasteiger partial charge on any atom is -0.358 e. The van der Waals surface area contributed by atoms with Gasteiger partial charge in [0, 0.05) is 24.5 Å². The van der Waals surface area contributed by atoms with Gasteiger partial charge < -0.3 is 9.88 Å². The van der Waals surface area contributed by atoms with Crippen LogP contribution in [0.4, 0.5) is 0 Å². The average Bonchev–Trinajstić information content (AvgIpc) is 2.74. The van der Waals surface area contributed by atoms with E-state index in [4.69, 9.17) is 0 Å². The van der Waals surface area contributed by atoms with Crippen molar-refractivity contribution in [2.75, 3.05) is 13.1 Å². The Morgan fingerprint density at radius 1 is 1.05 bits per heavy atom. The molecule has 1 N–H and O–H groups in total. The number of aryl methyl sites for hydroxylation is 1. The highest BCUT2D eigenvalue weighted by atomic mass is 16.2. The van der Waals surface area contributed by atoms with Crippen LogP contribution in [0.3, 0.4) is 0 Å². The van der Waals surface area contributed by atoms with Gasteiger partial charge in [-0.05, 0) is 31.4 Å². The van der Waals surface area contributed by atoms with E-state index < -0.39 is 0 Å². The summed E-state index contributed by atoms with van der Waals surface area (Å²) in [7, 11) is 0. The summed E-state index contributed by atoms with van der Waals surface area (Å²) in [6, 6.07) is 12.2. The molecule has 3 rings (SSSR count). The van der Waals surface area contributed by atoms with Gasteiger partial charge in [0.15, 0.2) is 0 Å². The van der Waals surface area contributed by atoms with Crippen molar-refractivity contribution < 1.29 is 4.79 Å². The molecule has 0 spiro atoms. The van der Waals surface area contributed by atoms with Crippen LogP contribution in [0, 0.1) is 6.92 Å². The molecule has 0 saturated carbocycles. The topological polar surface area (TPSA) is 36.1 Å². The number of carbonyl (C=O) groups is 1. The molecule has 0 atom stereocenters. The molecule has 0 bridgehead atoms. The van der Waals surface area contributed by atoms with Gasteiger partial charge in [0.05, 0.1) is 5.56 Å². The number of nitrogens with zero attached hydrogens (tertiary/aromatic N) is 1. The molecule has 3 nitrogen and oxygen atoms in total. The fraction of sp³-hybridized carbons (Fsp3) is 0.389. The average molecular weight is 282 g/mol. The standard InChI is InChI=1S/C18H22N2O/c1-14-16(18(21)20-11-7-2-3-8-12-20)13-17(19-14)15-9-5-4-6-10-15/h4-6,9-10,13,19H,2-3,7-8,11-12H2,1H3. The van der Waals surface area contributed by atoms with Crippen LogP contribution in [0.2, 0.25) is 0 Å². The van der Waals surface area contributed by atoms with Gasteiger partial charge in [0.2, 0.25) is 0 Å². The molecular weight excluding hydrogens is 260 g/mol. The second-order valence-electron chi connectivity index (χ2n) is 5.79. The number of aromatic nitrogens is 1. The van der Waals surface area contributed by atoms with Crippen molar-refractivity contribution >= 4 is 5.91 Å². The molecule has 0 aliphatic carbocycles. The Bertz CT molecular complexity index is 607. The molecule has 0 radical (unpaired) electrons. The highest BCUT2D eigenvalue weighted by molar-refractivity contribution is 5.96. The zero-order valence-electron chi connectivity index (χ0n) is 12.6. The maximum atomic E-state index is 12.7. The number of H-pyrrole nitrogens is 1. The Labute approximate surface area is 126 Å². The quantitative estimate of drug-likeness (QED) is 0.887. The van der Waals surface area contributed by atoms with E-state index in [0.29, 0.717) is 0 Å². The summed E-state index contributed by atoms with van der Waals surface area (Å²) in [5.41, 5.74) is 3.92. The monoisotopic (exact) mass is 282 g/mol. The Morgan fingerprint density at radius 2 is 1.71 bits per heavy atom. The number of aromatic amines is 1. The molecule has 1 aliphatic heterocycles. The second-order valence-corrected chi connectivity index (χ2v) is 5.79. The lowest BCUT2D eigenvalue weighted by Crippen LogP contribution is -2.31. The molecule has 0 unspecified atom stereocenters. The molecule has 1 saturated heterocycles. The Hall–Kier alpha value is -2.03. The highest BCUT2D eigenvalue weighted by Crippen LogP contribution is 2.23. The number of likely N-dealkylation sites (tertiary alicyclic amines) is 1. The molecule has 1 amide bonds. The first kappa shape index (κ1) is 13.9. The van der Waals surface area contributed by atoms with Gasteiger partial charge in [-0.15, -0.1) is 0 Å². The Kier molecular flexibility index (Phi) is 4.09. The fourth-order valence-electron chi connectivity index (χ4n) is 3.00. The van der Waals surface area contributed by atoms with Gasteiger partial charge in [-0.25, -0.2) is 0 Å². The van der Waals surface area contributed by atoms with Crippen molar-refractivity contribution in [3.63, 3.8) is 0 Å². The minimum absolute atomic E-state index is 0.174. The lowest BCUT2D eigenvalue weighted by Gasteiger charge is -2.20. The zero-order chi connectivity index (χ0) is 14.7. The van der Waals surface area contributed by atoms with E-state index in [1.54, 1.807) is 0 Å². The fourth-order valence-corrected chi connectivity index (χ4v) is 3.00. The van der Waals surface area contributed by atoms with E-state index >= 15 is 0 Å². The Morgan fingerprint density at radius 3 is 2.38 bits per heavy atom. The number of rotatable bonds is 2. The maximum Gasteiger partial charge on any atom is 0.255 e. The number of amides is 1. The molecule has 1 aromatic heterocycles. The second kappa shape index (κ2) is 6.17. The SMILES string of the molecule is Cc1[nH]c(-c2ccccc2)cc1C(=O)N1CCCCCC1. The number of hydrogen-bond donors (Lipinski definition) is 1. The van der Waals surface area contributed by atoms with Crippen LogP contribution >= 0.6 is 0 Å². The molecule has 3 heteroatoms. The highest BCUT2D eigenvalue weighted by Gasteiger charge is 2.20. The molecular formula is C18H22N2O. The summed E-state index contributed by atoms with van der Waals surface area (Å²) in [6.45, 7) is 3.77. The van der Waals surface area contributed by atoms with Crippen LogP contribution in [0.15, 0.2) is 36.4 Å². The van der Waals surface area contributed by atoms with Crippen molar-refractivity contribution in [1.29, 1.82) is 0 Å². The molecule has 110 valence electrons. The van der Waals surface area contributed by atoms with Crippen LogP contribution in [0.25, 0.3) is 11.3 Å². The van der Waals surface area contributed by atoms with Crippen LogP contribution in [0.1, 0.15) is 41.7 Å². The van der Waals surface area contributed by atoms with E-state index in [9.17, 15) is 4.79 Å². The van der Waals surface area contributed by atoms with Crippen molar-refractivity contribution in [3.8, 4) is 11.3 Å². The third-order valence-electron chi connectivity index (χ3n) is 4.22. The first-order valence-electron chi connectivity index (χ1n) is 7.80. The summed E-state index contributed by atoms with van der Waals surface area (Å²) in [4.78, 5) is 18.1. The van der Waals surface area contributed by atoms with Gasteiger partial charge in [0.1, 0.15) is 0 Å². The smallest absolute Gasteiger partial charge is 0.255 e. The van der Waals surface area contributed by atoms with Crippen LogP contribution in [0.5, 0.6) is 0 Å². The molecule has 2 aromatic rings. The van der Waals surface area contributed by atoms with Gasteiger partial charge in [0.25, 0.3) is 5.91 Å². The summed E-state index contributed by atoms with van der Waals surface area (Å²) in [5.74, 6) is 0.174. The van der Waals surface area contributed by atoms with E-state index in [1.165, 1.54) is 12.8 Å². The van der Waals surface area contributed by atoms with Crippen molar-refractivity contribution in [3.05, 3.63) is 47.7 Å².